The molecule has 1 unspecified atom stereocenters. The van der Waals surface area contributed by atoms with Gasteiger partial charge in [0.1, 0.15) is 11.6 Å². The van der Waals surface area contributed by atoms with Crippen molar-refractivity contribution in [3.05, 3.63) is 59.8 Å². The zero-order valence-electron chi connectivity index (χ0n) is 11.2. The predicted octanol–water partition coefficient (Wildman–Crippen LogP) is 2.12. The third-order valence-corrected chi connectivity index (χ3v) is 3.04. The van der Waals surface area contributed by atoms with Crippen LogP contribution in [0.4, 0.5) is 14.6 Å². The van der Waals surface area contributed by atoms with Gasteiger partial charge in [-0.3, -0.25) is 4.79 Å². The van der Waals surface area contributed by atoms with Crippen LogP contribution in [0.15, 0.2) is 42.5 Å². The molecule has 2 rings (SSSR count). The molecule has 0 bridgehead atoms. The number of rotatable bonds is 6. The van der Waals surface area contributed by atoms with Crippen LogP contribution in [0.1, 0.15) is 5.56 Å². The number of hydrogen-bond donors (Lipinski definition) is 2. The first-order valence-corrected chi connectivity index (χ1v) is 6.45. The maximum atomic E-state index is 13.0. The van der Waals surface area contributed by atoms with Gasteiger partial charge in [0.25, 0.3) is 0 Å². The number of nitrogens with one attached hydrogen (secondary N) is 1. The second-order valence-corrected chi connectivity index (χ2v) is 4.66. The number of nitrogens with two attached hydrogens (primary N) is 1. The topological polar surface area (TPSA) is 68.0 Å². The lowest BCUT2D eigenvalue weighted by Crippen LogP contribution is -2.31. The number of anilines is 1. The number of pyridine rings is 1. The van der Waals surface area contributed by atoms with Crippen molar-refractivity contribution in [3.63, 3.8) is 0 Å². The predicted molar refractivity (Wildman–Crippen MR) is 75.5 cm³/mol. The van der Waals surface area contributed by atoms with E-state index in [0.29, 0.717) is 12.2 Å². The molecule has 1 aromatic carbocycles. The fourth-order valence-corrected chi connectivity index (χ4v) is 1.91. The lowest BCUT2D eigenvalue weighted by molar-refractivity contribution is -0.121. The number of hydrogen-bond acceptors (Lipinski definition) is 3. The smallest absolute Gasteiger partial charge is 0.222 e. The zero-order chi connectivity index (χ0) is 15.2. The molecule has 21 heavy (non-hydrogen) atoms. The largest absolute Gasteiger partial charge is 0.369 e. The van der Waals surface area contributed by atoms with E-state index in [-0.39, 0.29) is 12.4 Å². The second-order valence-electron chi connectivity index (χ2n) is 4.66. The lowest BCUT2D eigenvalue weighted by atomic mass is 9.98. The summed E-state index contributed by atoms with van der Waals surface area (Å²) in [6, 6.07) is 10.2. The van der Waals surface area contributed by atoms with Crippen LogP contribution >= 0.6 is 0 Å². The first-order valence-electron chi connectivity index (χ1n) is 6.45. The Bertz CT molecular complexity index is 617. The summed E-state index contributed by atoms with van der Waals surface area (Å²) in [7, 11) is 0. The molecule has 0 fully saturated rings. The van der Waals surface area contributed by atoms with Gasteiger partial charge in [0.05, 0.1) is 5.92 Å². The first kappa shape index (κ1) is 14.9. The summed E-state index contributed by atoms with van der Waals surface area (Å²) in [6.45, 7) is 0.225. The van der Waals surface area contributed by atoms with E-state index in [2.05, 4.69) is 10.3 Å². The van der Waals surface area contributed by atoms with Crippen LogP contribution in [0.3, 0.4) is 0 Å². The fraction of sp³-hybridized carbons (Fsp3) is 0.200. The average Bonchev–Trinajstić information content (AvgIpc) is 2.45. The van der Waals surface area contributed by atoms with Crippen LogP contribution in [0.2, 0.25) is 0 Å². The number of carbonyl (C=O) groups is 1. The highest BCUT2D eigenvalue weighted by Gasteiger charge is 2.16. The van der Waals surface area contributed by atoms with Gasteiger partial charge in [0.15, 0.2) is 0 Å². The Morgan fingerprint density at radius 2 is 1.90 bits per heavy atom. The summed E-state index contributed by atoms with van der Waals surface area (Å²) in [5.41, 5.74) is 6.16. The van der Waals surface area contributed by atoms with Crippen molar-refractivity contribution < 1.29 is 13.6 Å². The number of nitrogens with zero attached hydrogens (tertiary/aromatic N) is 1. The molecule has 3 N–H and O–H groups in total. The van der Waals surface area contributed by atoms with E-state index in [1.807, 2.05) is 0 Å². The van der Waals surface area contributed by atoms with E-state index >= 15 is 0 Å². The Morgan fingerprint density at radius 1 is 1.19 bits per heavy atom. The average molecular weight is 291 g/mol. The van der Waals surface area contributed by atoms with Gasteiger partial charge in [-0.05, 0) is 36.2 Å². The SMILES string of the molecule is NC(=O)C(CNc1cccc(F)n1)Cc1ccc(F)cc1. The van der Waals surface area contributed by atoms with Gasteiger partial charge in [0.2, 0.25) is 11.9 Å². The quantitative estimate of drug-likeness (QED) is 0.801. The Kier molecular flexibility index (Phi) is 4.81. The summed E-state index contributed by atoms with van der Waals surface area (Å²) in [6.07, 6.45) is 0.373. The molecule has 4 nitrogen and oxygen atoms in total. The van der Waals surface area contributed by atoms with E-state index in [1.165, 1.54) is 24.3 Å². The van der Waals surface area contributed by atoms with Crippen molar-refractivity contribution in [1.82, 2.24) is 4.98 Å². The zero-order valence-corrected chi connectivity index (χ0v) is 11.2. The highest BCUT2D eigenvalue weighted by atomic mass is 19.1. The standard InChI is InChI=1S/C15H15F2N3O/c16-12-6-4-10(5-7-12)8-11(15(18)21)9-19-14-3-1-2-13(17)20-14/h1-7,11H,8-9H2,(H2,18,21)(H,19,20). The van der Waals surface area contributed by atoms with E-state index in [1.54, 1.807) is 18.2 Å². The van der Waals surface area contributed by atoms with Crippen molar-refractivity contribution in [2.45, 2.75) is 6.42 Å². The maximum absolute atomic E-state index is 13.0. The minimum Gasteiger partial charge on any atom is -0.369 e. The fourth-order valence-electron chi connectivity index (χ4n) is 1.91. The number of aromatic nitrogens is 1. The minimum absolute atomic E-state index is 0.225. The van der Waals surface area contributed by atoms with Crippen LogP contribution in [-0.2, 0) is 11.2 Å². The van der Waals surface area contributed by atoms with Gasteiger partial charge >= 0.3 is 0 Å². The second kappa shape index (κ2) is 6.78. The maximum Gasteiger partial charge on any atom is 0.222 e. The highest BCUT2D eigenvalue weighted by Crippen LogP contribution is 2.12. The van der Waals surface area contributed by atoms with Crippen LogP contribution in [0.25, 0.3) is 0 Å². The molecule has 0 radical (unpaired) electrons. The number of carbonyl (C=O) groups excluding carboxylic acids is 1. The van der Waals surface area contributed by atoms with Crippen LogP contribution in [0.5, 0.6) is 0 Å². The summed E-state index contributed by atoms with van der Waals surface area (Å²) in [5.74, 6) is -1.59. The molecule has 0 aliphatic carbocycles. The molecule has 2 aromatic rings. The Morgan fingerprint density at radius 3 is 2.52 bits per heavy atom. The van der Waals surface area contributed by atoms with Gasteiger partial charge in [-0.1, -0.05) is 18.2 Å². The van der Waals surface area contributed by atoms with E-state index in [0.717, 1.165) is 5.56 Å². The van der Waals surface area contributed by atoms with E-state index in [9.17, 15) is 13.6 Å². The molecule has 0 aliphatic rings. The van der Waals surface area contributed by atoms with Gasteiger partial charge in [-0.15, -0.1) is 0 Å². The minimum atomic E-state index is -0.603. The Hall–Kier alpha value is -2.50. The normalized spacial score (nSPS) is 11.9. The molecule has 1 atom stereocenters. The van der Waals surface area contributed by atoms with Gasteiger partial charge in [0, 0.05) is 6.54 Å². The summed E-state index contributed by atoms with van der Waals surface area (Å²) < 4.78 is 25.8. The van der Waals surface area contributed by atoms with Crippen molar-refractivity contribution in [1.29, 1.82) is 0 Å². The van der Waals surface area contributed by atoms with Crippen molar-refractivity contribution >= 4 is 11.7 Å². The van der Waals surface area contributed by atoms with E-state index in [4.69, 9.17) is 5.73 Å². The Labute approximate surface area is 121 Å². The van der Waals surface area contributed by atoms with Crippen molar-refractivity contribution in [2.24, 2.45) is 11.7 Å². The van der Waals surface area contributed by atoms with Crippen LogP contribution < -0.4 is 11.1 Å². The third kappa shape index (κ3) is 4.52. The molecule has 1 heterocycles. The van der Waals surface area contributed by atoms with Crippen LogP contribution in [0, 0.1) is 17.7 Å². The van der Waals surface area contributed by atoms with Gasteiger partial charge in [-0.25, -0.2) is 9.37 Å². The number of benzene rings is 1. The monoisotopic (exact) mass is 291 g/mol. The highest BCUT2D eigenvalue weighted by molar-refractivity contribution is 5.77. The summed E-state index contributed by atoms with van der Waals surface area (Å²) in [5, 5.41) is 2.87. The molecular formula is C15H15F2N3O. The number of primary amides is 1. The summed E-state index contributed by atoms with van der Waals surface area (Å²) in [4.78, 5) is 15.1. The first-order chi connectivity index (χ1) is 10.0. The number of halogens is 2. The van der Waals surface area contributed by atoms with Gasteiger partial charge < -0.3 is 11.1 Å². The number of amides is 1. The molecule has 1 aromatic heterocycles. The third-order valence-electron chi connectivity index (χ3n) is 3.04. The molecule has 0 saturated carbocycles. The van der Waals surface area contributed by atoms with Crippen molar-refractivity contribution in [2.75, 3.05) is 11.9 Å². The van der Waals surface area contributed by atoms with E-state index < -0.39 is 17.8 Å². The lowest BCUT2D eigenvalue weighted by Gasteiger charge is -2.14. The van der Waals surface area contributed by atoms with Crippen molar-refractivity contribution in [3.8, 4) is 0 Å². The van der Waals surface area contributed by atoms with Gasteiger partial charge in [-0.2, -0.15) is 4.39 Å². The molecule has 6 heteroatoms. The van der Waals surface area contributed by atoms with Crippen LogP contribution in [-0.4, -0.2) is 17.4 Å². The molecule has 0 spiro atoms. The Balaban J connectivity index is 1.99. The summed E-state index contributed by atoms with van der Waals surface area (Å²) >= 11 is 0. The molecule has 0 aliphatic heterocycles. The molecule has 0 saturated heterocycles. The molecular weight excluding hydrogens is 276 g/mol. The molecule has 110 valence electrons. The molecule has 1 amide bonds.